The van der Waals surface area contributed by atoms with Gasteiger partial charge < -0.3 is 14.7 Å². The molecule has 0 bridgehead atoms. The number of hydrogen-bond acceptors (Lipinski definition) is 7. The van der Waals surface area contributed by atoms with Crippen molar-refractivity contribution >= 4 is 28.4 Å². The second kappa shape index (κ2) is 8.52. The second-order valence-electron chi connectivity index (χ2n) is 10.7. The lowest BCUT2D eigenvalue weighted by molar-refractivity contribution is -0.142. The Morgan fingerprint density at radius 2 is 1.89 bits per heavy atom. The van der Waals surface area contributed by atoms with Crippen LogP contribution in [0.2, 0.25) is 0 Å². The highest BCUT2D eigenvalue weighted by atomic mass is 16.2. The van der Waals surface area contributed by atoms with Crippen molar-refractivity contribution < 1.29 is 4.79 Å². The van der Waals surface area contributed by atoms with Crippen molar-refractivity contribution in [3.8, 4) is 11.9 Å². The number of carbonyl (C=O) groups is 1. The maximum absolute atomic E-state index is 13.1. The summed E-state index contributed by atoms with van der Waals surface area (Å²) in [4.78, 5) is 33.7. The predicted molar refractivity (Wildman–Crippen MR) is 136 cm³/mol. The summed E-state index contributed by atoms with van der Waals surface area (Å²) >= 11 is 0. The van der Waals surface area contributed by atoms with Crippen LogP contribution in [0.25, 0.3) is 16.9 Å². The van der Waals surface area contributed by atoms with Crippen LogP contribution >= 0.6 is 0 Å². The topological polar surface area (TPSA) is 94.2 Å². The van der Waals surface area contributed by atoms with Gasteiger partial charge in [-0.2, -0.15) is 5.26 Å². The van der Waals surface area contributed by atoms with Crippen LogP contribution in [-0.2, 0) is 4.79 Å². The summed E-state index contributed by atoms with van der Waals surface area (Å²) in [6.07, 6.45) is 6.48. The van der Waals surface area contributed by atoms with E-state index < -0.39 is 5.41 Å². The van der Waals surface area contributed by atoms with E-state index in [0.29, 0.717) is 24.5 Å². The number of carbonyl (C=O) groups excluding carboxylic acids is 1. The van der Waals surface area contributed by atoms with E-state index in [4.69, 9.17) is 4.98 Å². The van der Waals surface area contributed by atoms with Crippen molar-refractivity contribution in [2.75, 3.05) is 36.0 Å². The van der Waals surface area contributed by atoms with E-state index in [0.717, 1.165) is 42.0 Å². The van der Waals surface area contributed by atoms with Crippen LogP contribution in [-0.4, -0.2) is 68.6 Å². The zero-order valence-corrected chi connectivity index (χ0v) is 21.1. The van der Waals surface area contributed by atoms with Crippen LogP contribution in [0, 0.1) is 16.7 Å². The van der Waals surface area contributed by atoms with Crippen molar-refractivity contribution in [1.82, 2.24) is 24.4 Å². The lowest BCUT2D eigenvalue weighted by atomic mass is 9.92. The Bertz CT molecular complexity index is 1310. The van der Waals surface area contributed by atoms with Gasteiger partial charge in [-0.15, -0.1) is 0 Å². The quantitative estimate of drug-likeness (QED) is 0.577. The SMILES string of the molecule is C[C@@H]1CN(c2ncnc3c2c(N2CCC2)cn3-c2cc(C#N)ccn2)[C@@H](C)CN1C(=O)C(C)(C)C. The number of hydrogen-bond donors (Lipinski definition) is 0. The molecule has 3 aromatic rings. The van der Waals surface area contributed by atoms with Crippen LogP contribution in [0.1, 0.15) is 46.6 Å². The van der Waals surface area contributed by atoms with E-state index >= 15 is 0 Å². The molecule has 35 heavy (non-hydrogen) atoms. The third-order valence-corrected chi connectivity index (χ3v) is 7.02. The van der Waals surface area contributed by atoms with Crippen molar-refractivity contribution in [2.24, 2.45) is 5.41 Å². The first-order valence-electron chi connectivity index (χ1n) is 12.2. The highest BCUT2D eigenvalue weighted by Crippen LogP contribution is 2.39. The van der Waals surface area contributed by atoms with Gasteiger partial charge in [0, 0.05) is 56.1 Å². The molecular weight excluding hydrogens is 440 g/mol. The molecule has 2 aliphatic heterocycles. The van der Waals surface area contributed by atoms with Gasteiger partial charge in [-0.3, -0.25) is 9.36 Å². The Kier molecular flexibility index (Phi) is 5.62. The Labute approximate surface area is 206 Å². The first kappa shape index (κ1) is 23.1. The maximum Gasteiger partial charge on any atom is 0.228 e. The molecule has 5 rings (SSSR count). The number of rotatable bonds is 3. The number of amides is 1. The van der Waals surface area contributed by atoms with Crippen molar-refractivity contribution in [3.05, 3.63) is 36.4 Å². The fourth-order valence-electron chi connectivity index (χ4n) is 4.97. The fraction of sp³-hybridized carbons (Fsp3) is 0.500. The van der Waals surface area contributed by atoms with Gasteiger partial charge in [0.25, 0.3) is 0 Å². The normalized spacial score (nSPS) is 20.6. The Morgan fingerprint density at radius 1 is 1.11 bits per heavy atom. The minimum Gasteiger partial charge on any atom is -0.369 e. The summed E-state index contributed by atoms with van der Waals surface area (Å²) in [5.41, 5.74) is 2.00. The standard InChI is InChI=1S/C26H32N8O/c1-17-14-33(25(35)26(3,4)5)18(2)13-32(17)23-22-20(31-9-6-10-31)15-34(24(22)30-16-29-23)21-11-19(12-27)7-8-28-21/h7-8,11,15-18H,6,9-10,13-14H2,1-5H3/t17-,18+/m0/s1. The van der Waals surface area contributed by atoms with E-state index in [2.05, 4.69) is 45.9 Å². The largest absolute Gasteiger partial charge is 0.369 e. The van der Waals surface area contributed by atoms with E-state index in [-0.39, 0.29) is 18.0 Å². The number of fused-ring (bicyclic) bond motifs is 1. The van der Waals surface area contributed by atoms with Crippen molar-refractivity contribution in [2.45, 2.75) is 53.1 Å². The Morgan fingerprint density at radius 3 is 2.54 bits per heavy atom. The first-order chi connectivity index (χ1) is 16.7. The smallest absolute Gasteiger partial charge is 0.228 e. The van der Waals surface area contributed by atoms with Crippen molar-refractivity contribution in [3.63, 3.8) is 0 Å². The van der Waals surface area contributed by atoms with Gasteiger partial charge in [0.15, 0.2) is 5.65 Å². The Hall–Kier alpha value is -3.67. The summed E-state index contributed by atoms with van der Waals surface area (Å²) < 4.78 is 1.96. The molecule has 0 aliphatic carbocycles. The molecule has 2 atom stereocenters. The fourth-order valence-corrected chi connectivity index (χ4v) is 4.97. The van der Waals surface area contributed by atoms with Crippen molar-refractivity contribution in [1.29, 1.82) is 5.26 Å². The van der Waals surface area contributed by atoms with Gasteiger partial charge in [-0.05, 0) is 32.4 Å². The van der Waals surface area contributed by atoms with Crippen LogP contribution in [0.5, 0.6) is 0 Å². The maximum atomic E-state index is 13.1. The number of piperazine rings is 1. The van der Waals surface area contributed by atoms with Crippen LogP contribution in [0.4, 0.5) is 11.5 Å². The zero-order valence-electron chi connectivity index (χ0n) is 21.1. The lowest BCUT2D eigenvalue weighted by Gasteiger charge is -2.46. The predicted octanol–water partition coefficient (Wildman–Crippen LogP) is 3.37. The van der Waals surface area contributed by atoms with Crippen LogP contribution < -0.4 is 9.80 Å². The van der Waals surface area contributed by atoms with Gasteiger partial charge in [0.1, 0.15) is 18.0 Å². The third-order valence-electron chi connectivity index (χ3n) is 7.02. The molecule has 0 radical (unpaired) electrons. The van der Waals surface area contributed by atoms with Gasteiger partial charge >= 0.3 is 0 Å². The lowest BCUT2D eigenvalue weighted by Crippen LogP contribution is -2.60. The van der Waals surface area contributed by atoms with E-state index in [1.807, 2.05) is 30.2 Å². The number of pyridine rings is 1. The molecule has 3 aromatic heterocycles. The average Bonchev–Trinajstić information content (AvgIpc) is 3.17. The molecule has 0 N–H and O–H groups in total. The summed E-state index contributed by atoms with van der Waals surface area (Å²) in [6.45, 7) is 13.5. The monoisotopic (exact) mass is 472 g/mol. The van der Waals surface area contributed by atoms with E-state index in [9.17, 15) is 10.1 Å². The third kappa shape index (κ3) is 3.97. The zero-order chi connectivity index (χ0) is 24.9. The molecule has 0 aromatic carbocycles. The Balaban J connectivity index is 1.59. The minimum atomic E-state index is -0.412. The number of nitriles is 1. The molecule has 1 amide bonds. The second-order valence-corrected chi connectivity index (χ2v) is 10.7. The number of aromatic nitrogens is 4. The molecule has 2 aliphatic rings. The molecule has 9 heteroatoms. The van der Waals surface area contributed by atoms with E-state index in [1.165, 1.54) is 0 Å². The van der Waals surface area contributed by atoms with Gasteiger partial charge in [-0.25, -0.2) is 15.0 Å². The molecule has 0 spiro atoms. The van der Waals surface area contributed by atoms with Gasteiger partial charge in [0.2, 0.25) is 5.91 Å². The summed E-state index contributed by atoms with van der Waals surface area (Å²) in [6, 6.07) is 5.84. The number of anilines is 2. The van der Waals surface area contributed by atoms with Crippen LogP contribution in [0.3, 0.4) is 0 Å². The summed E-state index contributed by atoms with van der Waals surface area (Å²) in [5, 5.41) is 10.4. The van der Waals surface area contributed by atoms with Crippen LogP contribution in [0.15, 0.2) is 30.9 Å². The minimum absolute atomic E-state index is 0.0615. The molecular formula is C26H32N8O. The van der Waals surface area contributed by atoms with Gasteiger partial charge in [-0.1, -0.05) is 20.8 Å². The molecule has 0 saturated carbocycles. The highest BCUT2D eigenvalue weighted by molar-refractivity contribution is 6.01. The molecule has 5 heterocycles. The molecule has 2 fully saturated rings. The summed E-state index contributed by atoms with van der Waals surface area (Å²) in [7, 11) is 0. The summed E-state index contributed by atoms with van der Waals surface area (Å²) in [5.74, 6) is 1.72. The number of nitrogens with zero attached hydrogens (tertiary/aromatic N) is 8. The molecule has 9 nitrogen and oxygen atoms in total. The van der Waals surface area contributed by atoms with Gasteiger partial charge in [0.05, 0.1) is 22.7 Å². The molecule has 0 unspecified atom stereocenters. The average molecular weight is 473 g/mol. The molecule has 2 saturated heterocycles. The molecule has 182 valence electrons. The highest BCUT2D eigenvalue weighted by Gasteiger charge is 2.38. The first-order valence-corrected chi connectivity index (χ1v) is 12.2. The van der Waals surface area contributed by atoms with E-state index in [1.54, 1.807) is 24.7 Å².